The Hall–Kier alpha value is -1.40. The van der Waals surface area contributed by atoms with Crippen molar-refractivity contribution >= 4 is 12.4 Å². The van der Waals surface area contributed by atoms with Crippen LogP contribution < -0.4 is 10.6 Å². The van der Waals surface area contributed by atoms with Crippen LogP contribution in [-0.2, 0) is 19.1 Å². The molecule has 0 unspecified atom stereocenters. The summed E-state index contributed by atoms with van der Waals surface area (Å²) in [5, 5.41) is 6.59. The summed E-state index contributed by atoms with van der Waals surface area (Å²) >= 11 is 0. The number of ether oxygens (including phenoxy) is 2. The van der Waals surface area contributed by atoms with Crippen LogP contribution in [0.25, 0.3) is 0 Å². The molecule has 1 aliphatic heterocycles. The first kappa shape index (κ1) is 23.9. The van der Waals surface area contributed by atoms with Gasteiger partial charge in [-0.25, -0.2) is 4.79 Å². The van der Waals surface area contributed by atoms with E-state index in [1.165, 1.54) is 0 Å². The van der Waals surface area contributed by atoms with E-state index in [1.54, 1.807) is 0 Å². The van der Waals surface area contributed by atoms with Gasteiger partial charge in [0.05, 0.1) is 0 Å². The van der Waals surface area contributed by atoms with Crippen molar-refractivity contribution in [2.75, 3.05) is 19.6 Å². The first-order chi connectivity index (χ1) is 10.4. The zero-order valence-corrected chi connectivity index (χ0v) is 15.7. The zero-order valence-electron chi connectivity index (χ0n) is 15.7. The molecule has 0 aromatic heterocycles. The monoisotopic (exact) mass is 330 g/mol. The van der Waals surface area contributed by atoms with Gasteiger partial charge in [-0.2, -0.15) is 0 Å². The number of carbonyl (C=O) groups excluding carboxylic acids is 2. The average Bonchev–Trinajstić information content (AvgIpc) is 2.37. The summed E-state index contributed by atoms with van der Waals surface area (Å²) in [5.74, 6) is -0.373. The molecule has 1 rings (SSSR count). The van der Waals surface area contributed by atoms with Crippen molar-refractivity contribution in [1.29, 1.82) is 0 Å². The minimum Gasteiger partial charge on any atom is -0.462 e. The lowest BCUT2D eigenvalue weighted by molar-refractivity contribution is -0.148. The average molecular weight is 330 g/mol. The van der Waals surface area contributed by atoms with Crippen LogP contribution in [0.1, 0.15) is 48.5 Å². The Kier molecular flexibility index (Phi) is 12.5. The SMILES string of the molecule is C=CC(=O)OC(C)(C)C.CC(C)(C)OC=O.C[C@@H]1CNCCN1. The van der Waals surface area contributed by atoms with Crippen molar-refractivity contribution in [2.24, 2.45) is 0 Å². The van der Waals surface area contributed by atoms with Gasteiger partial charge in [0.2, 0.25) is 0 Å². The minimum atomic E-state index is -0.398. The van der Waals surface area contributed by atoms with Gasteiger partial charge in [0.1, 0.15) is 11.2 Å². The van der Waals surface area contributed by atoms with Crippen LogP contribution in [0.2, 0.25) is 0 Å². The third kappa shape index (κ3) is 23.0. The molecule has 1 atom stereocenters. The Morgan fingerprint density at radius 2 is 1.70 bits per heavy atom. The van der Waals surface area contributed by atoms with Gasteiger partial charge in [-0.1, -0.05) is 6.58 Å². The third-order valence-corrected chi connectivity index (χ3v) is 2.22. The Labute approximate surface area is 141 Å². The smallest absolute Gasteiger partial charge is 0.330 e. The molecular formula is C17H34N2O4. The van der Waals surface area contributed by atoms with Gasteiger partial charge >= 0.3 is 5.97 Å². The van der Waals surface area contributed by atoms with Crippen molar-refractivity contribution in [1.82, 2.24) is 10.6 Å². The van der Waals surface area contributed by atoms with E-state index in [2.05, 4.69) is 28.9 Å². The van der Waals surface area contributed by atoms with Gasteiger partial charge in [-0.05, 0) is 48.5 Å². The molecule has 2 N–H and O–H groups in total. The number of hydrogen-bond donors (Lipinski definition) is 2. The van der Waals surface area contributed by atoms with Crippen LogP contribution in [0.3, 0.4) is 0 Å². The fourth-order valence-corrected chi connectivity index (χ4v) is 1.29. The number of esters is 1. The van der Waals surface area contributed by atoms with Gasteiger partial charge in [0, 0.05) is 31.8 Å². The zero-order chi connectivity index (χ0) is 18.5. The number of carbonyl (C=O) groups is 2. The van der Waals surface area contributed by atoms with Crippen molar-refractivity contribution in [3.8, 4) is 0 Å². The van der Waals surface area contributed by atoms with E-state index in [-0.39, 0.29) is 11.6 Å². The predicted molar refractivity (Wildman–Crippen MR) is 93.3 cm³/mol. The van der Waals surface area contributed by atoms with Gasteiger partial charge < -0.3 is 20.1 Å². The highest BCUT2D eigenvalue weighted by Crippen LogP contribution is 2.06. The predicted octanol–water partition coefficient (Wildman–Crippen LogP) is 2.04. The van der Waals surface area contributed by atoms with E-state index in [4.69, 9.17) is 4.74 Å². The molecule has 1 heterocycles. The van der Waals surface area contributed by atoms with E-state index < -0.39 is 5.60 Å². The van der Waals surface area contributed by atoms with Crippen molar-refractivity contribution < 1.29 is 19.1 Å². The van der Waals surface area contributed by atoms with Crippen LogP contribution in [0.4, 0.5) is 0 Å². The van der Waals surface area contributed by atoms with E-state index in [9.17, 15) is 9.59 Å². The summed E-state index contributed by atoms with van der Waals surface area (Å²) in [6.07, 6.45) is 1.16. The van der Waals surface area contributed by atoms with Gasteiger partial charge in [-0.15, -0.1) is 0 Å². The number of piperazine rings is 1. The molecule has 0 radical (unpaired) electrons. The standard InChI is InChI=1S/C7H12O2.C5H12N2.C5H10O2/c1-5-6(8)9-7(2,3)4;1-5-4-6-2-3-7-5;1-5(2,3)7-4-6/h5H,1H2,2-4H3;5-7H,2-4H2,1H3;4H,1-3H3/t;5-;/m.1./s1. The normalized spacial score (nSPS) is 17.4. The van der Waals surface area contributed by atoms with Crippen LogP contribution in [-0.4, -0.2) is 49.3 Å². The molecule has 1 aliphatic rings. The van der Waals surface area contributed by atoms with Crippen molar-refractivity contribution in [2.45, 2.75) is 65.7 Å². The summed E-state index contributed by atoms with van der Waals surface area (Å²) in [7, 11) is 0. The first-order valence-corrected chi connectivity index (χ1v) is 7.82. The maximum atomic E-state index is 10.5. The van der Waals surface area contributed by atoms with Gasteiger partial charge in [0.15, 0.2) is 0 Å². The number of nitrogens with one attached hydrogen (secondary N) is 2. The summed E-state index contributed by atoms with van der Waals surface area (Å²) in [5.41, 5.74) is -0.715. The summed E-state index contributed by atoms with van der Waals surface area (Å²) < 4.78 is 9.38. The Balaban J connectivity index is 0. The first-order valence-electron chi connectivity index (χ1n) is 7.82. The van der Waals surface area contributed by atoms with Gasteiger partial charge in [-0.3, -0.25) is 4.79 Å². The molecule has 0 spiro atoms. The molecular weight excluding hydrogens is 296 g/mol. The maximum absolute atomic E-state index is 10.5. The second-order valence-corrected chi connectivity index (χ2v) is 7.12. The number of hydrogen-bond acceptors (Lipinski definition) is 6. The molecule has 136 valence electrons. The Morgan fingerprint density at radius 3 is 1.83 bits per heavy atom. The highest BCUT2D eigenvalue weighted by atomic mass is 16.6. The fourth-order valence-electron chi connectivity index (χ4n) is 1.29. The quantitative estimate of drug-likeness (QED) is 0.458. The van der Waals surface area contributed by atoms with E-state index in [0.717, 1.165) is 25.7 Å². The summed E-state index contributed by atoms with van der Waals surface area (Å²) in [6.45, 7) is 20.2. The highest BCUT2D eigenvalue weighted by molar-refractivity contribution is 5.81. The summed E-state index contributed by atoms with van der Waals surface area (Å²) in [4.78, 5) is 20.1. The second-order valence-electron chi connectivity index (χ2n) is 7.12. The molecule has 6 heteroatoms. The molecule has 0 amide bonds. The lowest BCUT2D eigenvalue weighted by Gasteiger charge is -2.19. The van der Waals surface area contributed by atoms with Crippen LogP contribution in [0, 0.1) is 0 Å². The molecule has 0 bridgehead atoms. The van der Waals surface area contributed by atoms with Crippen LogP contribution >= 0.6 is 0 Å². The molecule has 1 fully saturated rings. The van der Waals surface area contributed by atoms with E-state index >= 15 is 0 Å². The number of rotatable bonds is 2. The topological polar surface area (TPSA) is 76.7 Å². The molecule has 0 aromatic rings. The van der Waals surface area contributed by atoms with E-state index in [1.807, 2.05) is 41.5 Å². The highest BCUT2D eigenvalue weighted by Gasteiger charge is 2.12. The van der Waals surface area contributed by atoms with Crippen molar-refractivity contribution in [3.05, 3.63) is 12.7 Å². The maximum Gasteiger partial charge on any atom is 0.330 e. The molecule has 1 saturated heterocycles. The lowest BCUT2D eigenvalue weighted by Crippen LogP contribution is -2.46. The molecule has 6 nitrogen and oxygen atoms in total. The Bertz CT molecular complexity index is 337. The van der Waals surface area contributed by atoms with Gasteiger partial charge in [0.25, 0.3) is 6.47 Å². The van der Waals surface area contributed by atoms with Crippen molar-refractivity contribution in [3.63, 3.8) is 0 Å². The molecule has 0 saturated carbocycles. The molecule has 0 aromatic carbocycles. The minimum absolute atomic E-state index is 0.318. The largest absolute Gasteiger partial charge is 0.462 e. The van der Waals surface area contributed by atoms with Crippen LogP contribution in [0.15, 0.2) is 12.7 Å². The second kappa shape index (κ2) is 12.1. The summed E-state index contributed by atoms with van der Waals surface area (Å²) in [6, 6.07) is 0.675. The lowest BCUT2D eigenvalue weighted by atomic mass is 10.2. The van der Waals surface area contributed by atoms with E-state index in [0.29, 0.717) is 12.5 Å². The Morgan fingerprint density at radius 1 is 1.13 bits per heavy atom. The molecule has 23 heavy (non-hydrogen) atoms. The molecule has 0 aliphatic carbocycles. The van der Waals surface area contributed by atoms with Crippen LogP contribution in [0.5, 0.6) is 0 Å². The fraction of sp³-hybridized carbons (Fsp3) is 0.765. The third-order valence-electron chi connectivity index (χ3n) is 2.22.